The number of nitrogens with zero attached hydrogens (tertiary/aromatic N) is 2. The van der Waals surface area contributed by atoms with Crippen LogP contribution in [0, 0.1) is 6.92 Å². The fraction of sp³-hybridized carbons (Fsp3) is 0.364. The van der Waals surface area contributed by atoms with Crippen LogP contribution in [0.15, 0.2) is 48.7 Å². The molecular formula is C22H27N3O2. The van der Waals surface area contributed by atoms with Crippen molar-refractivity contribution in [2.75, 3.05) is 44.7 Å². The summed E-state index contributed by atoms with van der Waals surface area (Å²) in [5.74, 6) is 0.884. The van der Waals surface area contributed by atoms with Crippen molar-refractivity contribution in [2.45, 2.75) is 13.0 Å². The maximum atomic E-state index is 10.8. The van der Waals surface area contributed by atoms with Crippen LogP contribution in [0.5, 0.6) is 5.75 Å². The average molecular weight is 365 g/mol. The fourth-order valence-corrected chi connectivity index (χ4v) is 3.86. The van der Waals surface area contributed by atoms with E-state index in [-0.39, 0.29) is 0 Å². The Balaban J connectivity index is 1.37. The van der Waals surface area contributed by atoms with Crippen LogP contribution in [0.25, 0.3) is 10.9 Å². The van der Waals surface area contributed by atoms with Crippen molar-refractivity contribution in [3.63, 3.8) is 0 Å². The molecule has 1 aromatic heterocycles. The minimum absolute atomic E-state index is 0.479. The lowest BCUT2D eigenvalue weighted by Crippen LogP contribution is -2.47. The molecule has 4 rings (SSSR count). The number of aromatic amines is 1. The Morgan fingerprint density at radius 1 is 1.07 bits per heavy atom. The molecule has 0 amide bonds. The number of ether oxygens (including phenoxy) is 1. The Morgan fingerprint density at radius 3 is 2.52 bits per heavy atom. The number of piperazine rings is 1. The van der Waals surface area contributed by atoms with Gasteiger partial charge in [0.25, 0.3) is 0 Å². The number of nitrogens with one attached hydrogen (secondary N) is 1. The number of aromatic nitrogens is 1. The third-order valence-electron chi connectivity index (χ3n) is 5.47. The van der Waals surface area contributed by atoms with Crippen LogP contribution < -0.4 is 9.64 Å². The first kappa shape index (κ1) is 17.9. The van der Waals surface area contributed by atoms with Crippen LogP contribution in [-0.4, -0.2) is 54.8 Å². The van der Waals surface area contributed by atoms with E-state index in [0.29, 0.717) is 6.54 Å². The van der Waals surface area contributed by atoms with Crippen molar-refractivity contribution in [3.8, 4) is 5.75 Å². The Kier molecular flexibility index (Phi) is 5.05. The molecule has 0 aliphatic carbocycles. The topological polar surface area (TPSA) is 51.7 Å². The van der Waals surface area contributed by atoms with Crippen molar-refractivity contribution in [1.82, 2.24) is 9.88 Å². The fourth-order valence-electron chi connectivity index (χ4n) is 3.86. The number of H-pyrrole nitrogens is 1. The molecule has 27 heavy (non-hydrogen) atoms. The van der Waals surface area contributed by atoms with Gasteiger partial charge in [-0.2, -0.15) is 0 Å². The highest BCUT2D eigenvalue weighted by atomic mass is 16.5. The summed E-state index contributed by atoms with van der Waals surface area (Å²) in [6.07, 6.45) is 1.47. The van der Waals surface area contributed by atoms with Gasteiger partial charge in [-0.3, -0.25) is 4.90 Å². The normalized spacial score (nSPS) is 16.6. The molecule has 0 spiro atoms. The van der Waals surface area contributed by atoms with Crippen molar-refractivity contribution in [1.29, 1.82) is 0 Å². The van der Waals surface area contributed by atoms with E-state index >= 15 is 0 Å². The number of β-amino-alcohol motifs (C(OH)–C–C–N with tert-alkyl or cyclic N) is 1. The highest BCUT2D eigenvalue weighted by molar-refractivity contribution is 5.84. The maximum Gasteiger partial charge on any atom is 0.119 e. The zero-order chi connectivity index (χ0) is 18.8. The Morgan fingerprint density at radius 2 is 1.81 bits per heavy atom. The zero-order valence-electron chi connectivity index (χ0n) is 16.0. The van der Waals surface area contributed by atoms with Crippen molar-refractivity contribution in [2.24, 2.45) is 0 Å². The molecule has 1 atom stereocenters. The van der Waals surface area contributed by atoms with Crippen LogP contribution in [0.4, 0.5) is 5.69 Å². The van der Waals surface area contributed by atoms with Gasteiger partial charge in [0.05, 0.1) is 13.2 Å². The average Bonchev–Trinajstić information content (AvgIpc) is 3.12. The quantitative estimate of drug-likeness (QED) is 0.728. The van der Waals surface area contributed by atoms with E-state index in [2.05, 4.69) is 52.0 Å². The third-order valence-corrected chi connectivity index (χ3v) is 5.47. The highest BCUT2D eigenvalue weighted by Gasteiger charge is 2.21. The lowest BCUT2D eigenvalue weighted by molar-refractivity contribution is 0.110. The van der Waals surface area contributed by atoms with Gasteiger partial charge in [-0.1, -0.05) is 11.6 Å². The van der Waals surface area contributed by atoms with E-state index < -0.39 is 6.10 Å². The standard InChI is InChI=1S/C22H27N3O2/c1-16-3-8-21-19(13-16)20(14-23-21)22(26)15-24-9-11-25(12-10-24)17-4-6-18(27-2)7-5-17/h3-8,13-14,22-23,26H,9-12,15H2,1-2H3. The van der Waals surface area contributed by atoms with Gasteiger partial charge >= 0.3 is 0 Å². The van der Waals surface area contributed by atoms with Gasteiger partial charge in [0.2, 0.25) is 0 Å². The van der Waals surface area contributed by atoms with Gasteiger partial charge in [-0.15, -0.1) is 0 Å². The van der Waals surface area contributed by atoms with Crippen LogP contribution in [-0.2, 0) is 0 Å². The second-order valence-electron chi connectivity index (χ2n) is 7.29. The minimum Gasteiger partial charge on any atom is -0.497 e. The largest absolute Gasteiger partial charge is 0.497 e. The van der Waals surface area contributed by atoms with Gasteiger partial charge in [0, 0.05) is 61.1 Å². The number of hydrogen-bond donors (Lipinski definition) is 2. The number of benzene rings is 2. The number of aliphatic hydroxyl groups is 1. The predicted octanol–water partition coefficient (Wildman–Crippen LogP) is 3.34. The second-order valence-corrected chi connectivity index (χ2v) is 7.29. The molecule has 1 unspecified atom stereocenters. The lowest BCUT2D eigenvalue weighted by atomic mass is 10.1. The summed E-state index contributed by atoms with van der Waals surface area (Å²) in [6.45, 7) is 6.57. The second kappa shape index (κ2) is 7.62. The molecule has 2 aromatic carbocycles. The van der Waals surface area contributed by atoms with Crippen molar-refractivity contribution in [3.05, 3.63) is 59.8 Å². The molecule has 0 radical (unpaired) electrons. The summed E-state index contributed by atoms with van der Waals surface area (Å²) in [5.41, 5.74) is 4.51. The first-order valence-electron chi connectivity index (χ1n) is 9.51. The number of hydrogen-bond acceptors (Lipinski definition) is 4. The summed E-state index contributed by atoms with van der Waals surface area (Å²) in [5, 5.41) is 11.9. The smallest absolute Gasteiger partial charge is 0.119 e. The molecule has 142 valence electrons. The SMILES string of the molecule is COc1ccc(N2CCN(CC(O)c3c[nH]c4ccc(C)cc34)CC2)cc1. The summed E-state index contributed by atoms with van der Waals surface area (Å²) in [7, 11) is 1.69. The molecule has 1 saturated heterocycles. The molecule has 2 heterocycles. The molecule has 1 aliphatic rings. The van der Waals surface area contributed by atoms with Crippen molar-refractivity contribution >= 4 is 16.6 Å². The van der Waals surface area contributed by atoms with Gasteiger partial charge < -0.3 is 19.7 Å². The summed E-state index contributed by atoms with van der Waals surface area (Å²) in [4.78, 5) is 8.01. The molecule has 0 saturated carbocycles. The van der Waals surface area contributed by atoms with Crippen LogP contribution in [0.2, 0.25) is 0 Å². The van der Waals surface area contributed by atoms with Crippen LogP contribution in [0.1, 0.15) is 17.2 Å². The van der Waals surface area contributed by atoms with E-state index in [1.807, 2.05) is 18.3 Å². The van der Waals surface area contributed by atoms with E-state index in [0.717, 1.165) is 48.4 Å². The summed E-state index contributed by atoms with van der Waals surface area (Å²) in [6, 6.07) is 14.5. The Hall–Kier alpha value is -2.50. The highest BCUT2D eigenvalue weighted by Crippen LogP contribution is 2.26. The van der Waals surface area contributed by atoms with Crippen LogP contribution in [0.3, 0.4) is 0 Å². The van der Waals surface area contributed by atoms with Gasteiger partial charge in [0.1, 0.15) is 5.75 Å². The molecule has 3 aromatic rings. The first-order chi connectivity index (χ1) is 13.1. The molecule has 1 fully saturated rings. The lowest BCUT2D eigenvalue weighted by Gasteiger charge is -2.37. The Labute approximate surface area is 160 Å². The number of aryl methyl sites for hydroxylation is 1. The van der Waals surface area contributed by atoms with E-state index in [1.54, 1.807) is 7.11 Å². The predicted molar refractivity (Wildman–Crippen MR) is 110 cm³/mol. The van der Waals surface area contributed by atoms with Gasteiger partial charge in [-0.05, 0) is 43.3 Å². The molecule has 2 N–H and O–H groups in total. The van der Waals surface area contributed by atoms with E-state index in [4.69, 9.17) is 4.74 Å². The summed E-state index contributed by atoms with van der Waals surface area (Å²) < 4.78 is 5.23. The number of fused-ring (bicyclic) bond motifs is 1. The van der Waals surface area contributed by atoms with Gasteiger partial charge in [0.15, 0.2) is 0 Å². The monoisotopic (exact) mass is 365 g/mol. The number of methoxy groups -OCH3 is 1. The van der Waals surface area contributed by atoms with Crippen molar-refractivity contribution < 1.29 is 9.84 Å². The third kappa shape index (κ3) is 3.80. The number of rotatable bonds is 5. The number of anilines is 1. The summed E-state index contributed by atoms with van der Waals surface area (Å²) >= 11 is 0. The van der Waals surface area contributed by atoms with E-state index in [9.17, 15) is 5.11 Å². The molecule has 0 bridgehead atoms. The molecule has 5 heteroatoms. The minimum atomic E-state index is -0.479. The molecular weight excluding hydrogens is 338 g/mol. The molecule has 5 nitrogen and oxygen atoms in total. The number of aliphatic hydroxyl groups excluding tert-OH is 1. The van der Waals surface area contributed by atoms with Gasteiger partial charge in [-0.25, -0.2) is 0 Å². The zero-order valence-corrected chi connectivity index (χ0v) is 16.0. The molecule has 1 aliphatic heterocycles. The maximum absolute atomic E-state index is 10.8. The first-order valence-corrected chi connectivity index (χ1v) is 9.51. The van der Waals surface area contributed by atoms with Crippen LogP contribution >= 0.6 is 0 Å². The Bertz CT molecular complexity index is 896. The van der Waals surface area contributed by atoms with E-state index in [1.165, 1.54) is 11.3 Å².